The number of hydrogen-bond acceptors (Lipinski definition) is 8. The normalized spacial score (nSPS) is 17.8. The third-order valence-electron chi connectivity index (χ3n) is 5.76. The van der Waals surface area contributed by atoms with E-state index in [4.69, 9.17) is 15.2 Å². The number of esters is 2. The number of para-hydroxylation sites is 1. The number of nitriles is 1. The van der Waals surface area contributed by atoms with Crippen LogP contribution < -0.4 is 16.0 Å². The zero-order valence-electron chi connectivity index (χ0n) is 18.7. The maximum atomic E-state index is 13.2. The number of carbonyl (C=O) groups is 2. The van der Waals surface area contributed by atoms with Gasteiger partial charge in [0.2, 0.25) is 0 Å². The molecule has 2 aromatic rings. The first-order chi connectivity index (χ1) is 16.4. The molecule has 0 saturated heterocycles. The van der Waals surface area contributed by atoms with Crippen molar-refractivity contribution < 1.29 is 19.1 Å². The van der Waals surface area contributed by atoms with E-state index in [1.807, 2.05) is 18.2 Å². The average molecular weight is 523 g/mol. The smallest absolute Gasteiger partial charge is 0.355 e. The van der Waals surface area contributed by atoms with Crippen molar-refractivity contribution in [2.24, 2.45) is 5.73 Å². The number of carbonyl (C=O) groups excluding carboxylic acids is 2. The molecule has 1 atom stereocenters. The molecule has 8 nitrogen and oxygen atoms in total. The highest BCUT2D eigenvalue weighted by molar-refractivity contribution is 9.10. The summed E-state index contributed by atoms with van der Waals surface area (Å²) in [6, 6.07) is 16.9. The van der Waals surface area contributed by atoms with Gasteiger partial charge >= 0.3 is 11.9 Å². The van der Waals surface area contributed by atoms with Gasteiger partial charge in [0, 0.05) is 10.5 Å². The number of ether oxygens (including phenoxy) is 2. The van der Waals surface area contributed by atoms with Crippen molar-refractivity contribution in [3.8, 4) is 6.07 Å². The Labute approximate surface area is 205 Å². The van der Waals surface area contributed by atoms with Crippen LogP contribution in [0.1, 0.15) is 24.3 Å². The van der Waals surface area contributed by atoms with Crippen LogP contribution in [0.25, 0.3) is 0 Å². The van der Waals surface area contributed by atoms with Gasteiger partial charge < -0.3 is 20.5 Å². The lowest BCUT2D eigenvalue weighted by Crippen LogP contribution is -2.41. The molecule has 1 aliphatic heterocycles. The summed E-state index contributed by atoms with van der Waals surface area (Å²) in [6.07, 6.45) is 2.04. The van der Waals surface area contributed by atoms with Crippen molar-refractivity contribution in [2.75, 3.05) is 24.4 Å². The van der Waals surface area contributed by atoms with Crippen molar-refractivity contribution in [2.45, 2.75) is 24.8 Å². The zero-order valence-corrected chi connectivity index (χ0v) is 20.3. The molecule has 1 unspecified atom stereocenters. The summed E-state index contributed by atoms with van der Waals surface area (Å²) < 4.78 is 10.8. The van der Waals surface area contributed by atoms with Crippen molar-refractivity contribution in [1.82, 2.24) is 0 Å². The van der Waals surface area contributed by atoms with Crippen LogP contribution >= 0.6 is 15.9 Å². The fourth-order valence-corrected chi connectivity index (χ4v) is 4.60. The summed E-state index contributed by atoms with van der Waals surface area (Å²) >= 11 is 3.56. The fraction of sp³-hybridized carbons (Fsp3) is 0.240. The summed E-state index contributed by atoms with van der Waals surface area (Å²) in [6.45, 7) is 0. The molecule has 1 aliphatic carbocycles. The summed E-state index contributed by atoms with van der Waals surface area (Å²) in [5.41, 5.74) is 8.39. The molecule has 4 rings (SSSR count). The van der Waals surface area contributed by atoms with Crippen molar-refractivity contribution >= 4 is 39.2 Å². The Morgan fingerprint density at radius 2 is 1.76 bits per heavy atom. The van der Waals surface area contributed by atoms with E-state index in [9.17, 15) is 14.9 Å². The van der Waals surface area contributed by atoms with Crippen LogP contribution in [0.4, 0.5) is 11.4 Å². The number of allylic oxidation sites excluding steroid dienone is 1. The molecule has 0 aromatic heterocycles. The minimum absolute atomic E-state index is 0.0233. The number of methoxy groups -OCH3 is 2. The highest BCUT2D eigenvalue weighted by Gasteiger charge is 2.44. The molecule has 1 heterocycles. The standard InChI is InChI=1S/C25H23BrN4O4/c1-33-24(31)20-19(14-7-4-3-5-8-14)16(13-27)23(28)30(22(20)25(32)34-2)21-17(26)9-6-10-18(21)29-15-11-12-15/h3-10,15,19,29H,11-12,28H2,1-2H3. The first-order valence-corrected chi connectivity index (χ1v) is 11.4. The van der Waals surface area contributed by atoms with E-state index in [1.165, 1.54) is 19.1 Å². The molecular formula is C25H23BrN4O4. The molecule has 174 valence electrons. The topological polar surface area (TPSA) is 118 Å². The van der Waals surface area contributed by atoms with E-state index in [0.717, 1.165) is 12.8 Å². The number of nitrogens with one attached hydrogen (secondary N) is 1. The van der Waals surface area contributed by atoms with Crippen molar-refractivity contribution in [1.29, 1.82) is 5.26 Å². The summed E-state index contributed by atoms with van der Waals surface area (Å²) in [7, 11) is 2.45. The van der Waals surface area contributed by atoms with Crippen LogP contribution in [0.15, 0.2) is 75.7 Å². The van der Waals surface area contributed by atoms with E-state index >= 15 is 0 Å². The monoisotopic (exact) mass is 522 g/mol. The minimum atomic E-state index is -0.911. The Morgan fingerprint density at radius 1 is 1.09 bits per heavy atom. The lowest BCUT2D eigenvalue weighted by Gasteiger charge is -2.37. The third kappa shape index (κ3) is 4.13. The fourth-order valence-electron chi connectivity index (χ4n) is 4.05. The number of hydrogen-bond donors (Lipinski definition) is 2. The second-order valence-corrected chi connectivity index (χ2v) is 8.74. The molecule has 9 heteroatoms. The molecule has 2 aliphatic rings. The van der Waals surface area contributed by atoms with E-state index in [1.54, 1.807) is 30.3 Å². The second kappa shape index (κ2) is 9.61. The number of halogens is 1. The summed E-state index contributed by atoms with van der Waals surface area (Å²) in [5, 5.41) is 13.6. The molecule has 3 N–H and O–H groups in total. The molecule has 1 saturated carbocycles. The maximum absolute atomic E-state index is 13.2. The molecular weight excluding hydrogens is 500 g/mol. The molecule has 0 amide bonds. The van der Waals surface area contributed by atoms with Gasteiger partial charge in [0.25, 0.3) is 0 Å². The molecule has 2 aromatic carbocycles. The molecule has 0 radical (unpaired) electrons. The zero-order chi connectivity index (χ0) is 24.4. The van der Waals surface area contributed by atoms with Crippen LogP contribution in [-0.4, -0.2) is 32.2 Å². The predicted octanol–water partition coefficient (Wildman–Crippen LogP) is 3.92. The number of rotatable bonds is 6. The van der Waals surface area contributed by atoms with Gasteiger partial charge in [-0.1, -0.05) is 36.4 Å². The first kappa shape index (κ1) is 23.4. The lowest BCUT2D eigenvalue weighted by molar-refractivity contribution is -0.139. The lowest BCUT2D eigenvalue weighted by atomic mass is 9.81. The predicted molar refractivity (Wildman–Crippen MR) is 130 cm³/mol. The highest BCUT2D eigenvalue weighted by Crippen LogP contribution is 2.47. The Bertz CT molecular complexity index is 1250. The van der Waals surface area contributed by atoms with Gasteiger partial charge in [0.15, 0.2) is 0 Å². The number of nitrogens with two attached hydrogens (primary N) is 1. The van der Waals surface area contributed by atoms with Gasteiger partial charge in [-0.15, -0.1) is 0 Å². The second-order valence-electron chi connectivity index (χ2n) is 7.89. The molecule has 0 spiro atoms. The van der Waals surface area contributed by atoms with Crippen LogP contribution in [0, 0.1) is 11.3 Å². The Morgan fingerprint density at radius 3 is 2.35 bits per heavy atom. The number of benzene rings is 2. The summed E-state index contributed by atoms with van der Waals surface area (Å²) in [5.74, 6) is -2.43. The van der Waals surface area contributed by atoms with Gasteiger partial charge in [-0.05, 0) is 46.5 Å². The molecule has 1 fully saturated rings. The first-order valence-electron chi connectivity index (χ1n) is 10.6. The van der Waals surface area contributed by atoms with Crippen LogP contribution in [0.5, 0.6) is 0 Å². The van der Waals surface area contributed by atoms with Gasteiger partial charge in [-0.2, -0.15) is 5.26 Å². The van der Waals surface area contributed by atoms with Gasteiger partial charge in [0.1, 0.15) is 11.5 Å². The quantitative estimate of drug-likeness (QED) is 0.548. The number of nitrogens with zero attached hydrogens (tertiary/aromatic N) is 2. The van der Waals surface area contributed by atoms with Crippen molar-refractivity contribution in [3.05, 3.63) is 81.2 Å². The number of anilines is 2. The Kier molecular flexibility index (Phi) is 6.61. The van der Waals surface area contributed by atoms with Gasteiger partial charge in [0.05, 0.1) is 48.7 Å². The SMILES string of the molecule is COC(=O)C1=C(C(=O)OC)N(c2c(Br)cccc2NC2CC2)C(N)=C(C#N)C1c1ccccc1. The van der Waals surface area contributed by atoms with E-state index in [-0.39, 0.29) is 22.7 Å². The van der Waals surface area contributed by atoms with Crippen molar-refractivity contribution in [3.63, 3.8) is 0 Å². The maximum Gasteiger partial charge on any atom is 0.355 e. The summed E-state index contributed by atoms with van der Waals surface area (Å²) in [4.78, 5) is 27.8. The largest absolute Gasteiger partial charge is 0.466 e. The van der Waals surface area contributed by atoms with Gasteiger partial charge in [-0.25, -0.2) is 9.59 Å². The van der Waals surface area contributed by atoms with E-state index in [0.29, 0.717) is 27.5 Å². The highest BCUT2D eigenvalue weighted by atomic mass is 79.9. The van der Waals surface area contributed by atoms with Gasteiger partial charge in [-0.3, -0.25) is 4.90 Å². The third-order valence-corrected chi connectivity index (χ3v) is 6.40. The van der Waals surface area contributed by atoms with Crippen LogP contribution in [0.3, 0.4) is 0 Å². The average Bonchev–Trinajstić information content (AvgIpc) is 3.67. The minimum Gasteiger partial charge on any atom is -0.466 e. The Balaban J connectivity index is 2.06. The van der Waals surface area contributed by atoms with E-state index < -0.39 is 17.9 Å². The molecule has 0 bridgehead atoms. The van der Waals surface area contributed by atoms with Crippen LogP contribution in [0.2, 0.25) is 0 Å². The van der Waals surface area contributed by atoms with E-state index in [2.05, 4.69) is 27.3 Å². The molecule has 34 heavy (non-hydrogen) atoms. The van der Waals surface area contributed by atoms with Crippen LogP contribution in [-0.2, 0) is 19.1 Å². The Hall–Kier alpha value is -3.77.